The number of hydrogen-bond acceptors (Lipinski definition) is 4. The minimum Gasteiger partial charge on any atom is -0.417 e. The molecule has 0 radical (unpaired) electrons. The van der Waals surface area contributed by atoms with E-state index in [1.807, 2.05) is 0 Å². The number of ether oxygens (including phenoxy) is 2. The molecule has 1 heterocycles. The SMILES string of the molecule is CCC(C)(C(=O)OC1(C(F)(F)F)OC(C)(C(F)(F)F)C(F)(F)C(C)(O)C1(F)F)C(F)(F)F. The highest BCUT2D eigenvalue weighted by Crippen LogP contribution is 2.66. The highest BCUT2D eigenvalue weighted by Gasteiger charge is 2.95. The van der Waals surface area contributed by atoms with Crippen LogP contribution in [0.5, 0.6) is 0 Å². The highest BCUT2D eigenvalue weighted by atomic mass is 19.4. The highest BCUT2D eigenvalue weighted by molar-refractivity contribution is 5.78. The fraction of sp³-hybridized carbons (Fsp3) is 0.933. The molecule has 0 bridgehead atoms. The lowest BCUT2D eigenvalue weighted by Crippen LogP contribution is -2.86. The maximum absolute atomic E-state index is 14.7. The van der Waals surface area contributed by atoms with Crippen molar-refractivity contribution in [1.29, 1.82) is 0 Å². The molecule has 4 atom stereocenters. The van der Waals surface area contributed by atoms with Gasteiger partial charge in [-0.05, 0) is 27.2 Å². The van der Waals surface area contributed by atoms with Gasteiger partial charge in [-0.1, -0.05) is 6.92 Å². The van der Waals surface area contributed by atoms with Gasteiger partial charge in [0.2, 0.25) is 5.60 Å². The molecule has 0 aromatic rings. The summed E-state index contributed by atoms with van der Waals surface area (Å²) in [5.74, 6) is -22.5. The number of hydrogen-bond donors (Lipinski definition) is 1. The minimum absolute atomic E-state index is 0.129. The van der Waals surface area contributed by atoms with Gasteiger partial charge in [0.25, 0.3) is 0 Å². The van der Waals surface area contributed by atoms with Gasteiger partial charge in [-0.15, -0.1) is 0 Å². The van der Waals surface area contributed by atoms with E-state index in [4.69, 9.17) is 0 Å². The zero-order valence-electron chi connectivity index (χ0n) is 16.3. The van der Waals surface area contributed by atoms with Gasteiger partial charge in [-0.3, -0.25) is 4.79 Å². The largest absolute Gasteiger partial charge is 0.462 e. The molecule has 0 aromatic heterocycles. The fourth-order valence-corrected chi connectivity index (χ4v) is 2.72. The summed E-state index contributed by atoms with van der Waals surface area (Å²) in [5.41, 5.74) is -15.2. The Bertz CT molecular complexity index is 754. The number of alkyl halides is 13. The molecule has 4 nitrogen and oxygen atoms in total. The predicted molar refractivity (Wildman–Crippen MR) is 75.4 cm³/mol. The van der Waals surface area contributed by atoms with Gasteiger partial charge < -0.3 is 14.6 Å². The zero-order chi connectivity index (χ0) is 26.2. The van der Waals surface area contributed by atoms with Crippen molar-refractivity contribution in [2.45, 2.75) is 81.5 Å². The van der Waals surface area contributed by atoms with Crippen molar-refractivity contribution in [1.82, 2.24) is 0 Å². The van der Waals surface area contributed by atoms with Crippen LogP contribution in [0.4, 0.5) is 57.1 Å². The quantitative estimate of drug-likeness (QED) is 0.426. The molecule has 1 saturated heterocycles. The zero-order valence-corrected chi connectivity index (χ0v) is 16.3. The Morgan fingerprint density at radius 1 is 0.875 bits per heavy atom. The molecule has 0 amide bonds. The average Bonchev–Trinajstić information content (AvgIpc) is 2.55. The Labute approximate surface area is 170 Å². The monoisotopic (exact) mass is 506 g/mol. The summed E-state index contributed by atoms with van der Waals surface area (Å²) in [6.07, 6.45) is -20.9. The molecular weight excluding hydrogens is 491 g/mol. The second kappa shape index (κ2) is 6.99. The molecule has 1 aliphatic rings. The van der Waals surface area contributed by atoms with E-state index in [9.17, 15) is 67.0 Å². The van der Waals surface area contributed by atoms with Crippen molar-refractivity contribution in [3.05, 3.63) is 0 Å². The van der Waals surface area contributed by atoms with E-state index in [1.165, 1.54) is 0 Å². The number of esters is 1. The van der Waals surface area contributed by atoms with Crippen LogP contribution in [0.3, 0.4) is 0 Å². The molecule has 0 aromatic carbocycles. The number of aliphatic hydroxyl groups is 1. The van der Waals surface area contributed by atoms with Crippen LogP contribution < -0.4 is 0 Å². The molecule has 0 spiro atoms. The first-order valence-corrected chi connectivity index (χ1v) is 8.26. The Morgan fingerprint density at radius 2 is 1.28 bits per heavy atom. The molecule has 1 rings (SSSR count). The molecule has 1 N–H and O–H groups in total. The standard InChI is InChI=1S/C15H15F13O4/c1-5-7(2,13(20,21)22)6(29)31-12(15(26,27)28)11(18,19)8(3,30)10(16,17)9(4,32-12)14(23,24)25/h30H,5H2,1-4H3. The number of halogens is 13. The van der Waals surface area contributed by atoms with Crippen LogP contribution in [-0.2, 0) is 14.3 Å². The van der Waals surface area contributed by atoms with Gasteiger partial charge in [0.05, 0.1) is 0 Å². The fourth-order valence-electron chi connectivity index (χ4n) is 2.72. The number of carbonyl (C=O) groups excluding carboxylic acids is 1. The van der Waals surface area contributed by atoms with Crippen LogP contribution >= 0.6 is 0 Å². The van der Waals surface area contributed by atoms with Crippen LogP contribution in [0, 0.1) is 5.41 Å². The summed E-state index contributed by atoms with van der Waals surface area (Å²) >= 11 is 0. The molecule has 0 saturated carbocycles. The third-order valence-electron chi connectivity index (χ3n) is 5.52. The van der Waals surface area contributed by atoms with E-state index in [1.54, 1.807) is 0 Å². The lowest BCUT2D eigenvalue weighted by Gasteiger charge is -2.58. The van der Waals surface area contributed by atoms with Crippen LogP contribution in [0.25, 0.3) is 0 Å². The third kappa shape index (κ3) is 3.24. The molecule has 1 aliphatic heterocycles. The van der Waals surface area contributed by atoms with Crippen molar-refractivity contribution in [2.75, 3.05) is 0 Å². The first-order valence-electron chi connectivity index (χ1n) is 8.26. The third-order valence-corrected chi connectivity index (χ3v) is 5.52. The maximum Gasteiger partial charge on any atom is 0.462 e. The molecule has 190 valence electrons. The second-order valence-corrected chi connectivity index (χ2v) is 7.54. The Hall–Kier alpha value is -1.52. The van der Waals surface area contributed by atoms with Crippen LogP contribution in [0.15, 0.2) is 0 Å². The summed E-state index contributed by atoms with van der Waals surface area (Å²) in [4.78, 5) is 12.0. The van der Waals surface area contributed by atoms with Crippen molar-refractivity contribution in [3.8, 4) is 0 Å². The van der Waals surface area contributed by atoms with Gasteiger partial charge in [-0.2, -0.15) is 57.1 Å². The maximum atomic E-state index is 14.7. The van der Waals surface area contributed by atoms with Gasteiger partial charge in [-0.25, -0.2) is 0 Å². The molecular formula is C15H15F13O4. The Kier molecular flexibility index (Phi) is 6.23. The normalized spacial score (nSPS) is 35.2. The van der Waals surface area contributed by atoms with Crippen molar-refractivity contribution < 1.29 is 76.5 Å². The van der Waals surface area contributed by atoms with E-state index < -0.39 is 79.0 Å². The average molecular weight is 506 g/mol. The van der Waals surface area contributed by atoms with Gasteiger partial charge in [0.15, 0.2) is 11.0 Å². The molecule has 1 fully saturated rings. The van der Waals surface area contributed by atoms with E-state index in [0.717, 1.165) is 0 Å². The van der Waals surface area contributed by atoms with Crippen LogP contribution in [0.2, 0.25) is 0 Å². The lowest BCUT2D eigenvalue weighted by atomic mass is 9.73. The van der Waals surface area contributed by atoms with E-state index >= 15 is 0 Å². The van der Waals surface area contributed by atoms with Gasteiger partial charge in [0.1, 0.15) is 0 Å². The lowest BCUT2D eigenvalue weighted by molar-refractivity contribution is -0.553. The van der Waals surface area contributed by atoms with E-state index in [2.05, 4.69) is 9.47 Å². The second-order valence-electron chi connectivity index (χ2n) is 7.54. The summed E-state index contributed by atoms with van der Waals surface area (Å²) < 4.78 is 185. The van der Waals surface area contributed by atoms with Gasteiger partial charge in [0, 0.05) is 0 Å². The summed E-state index contributed by atoms with van der Waals surface area (Å²) in [6.45, 7) is -1.29. The topological polar surface area (TPSA) is 55.8 Å². The van der Waals surface area contributed by atoms with E-state index in [0.29, 0.717) is 6.92 Å². The smallest absolute Gasteiger partial charge is 0.417 e. The summed E-state index contributed by atoms with van der Waals surface area (Å²) in [6, 6.07) is 0. The van der Waals surface area contributed by atoms with Crippen molar-refractivity contribution in [3.63, 3.8) is 0 Å². The first-order chi connectivity index (χ1) is 13.6. The Morgan fingerprint density at radius 3 is 1.56 bits per heavy atom. The van der Waals surface area contributed by atoms with Gasteiger partial charge >= 0.3 is 42.1 Å². The number of rotatable bonds is 3. The minimum atomic E-state index is -7.06. The number of carbonyl (C=O) groups is 1. The van der Waals surface area contributed by atoms with Crippen LogP contribution in [-0.4, -0.2) is 58.4 Å². The first kappa shape index (κ1) is 28.5. The summed E-state index contributed by atoms with van der Waals surface area (Å²) in [7, 11) is 0. The van der Waals surface area contributed by atoms with Crippen molar-refractivity contribution in [2.24, 2.45) is 5.41 Å². The van der Waals surface area contributed by atoms with Crippen molar-refractivity contribution >= 4 is 5.97 Å². The molecule has 32 heavy (non-hydrogen) atoms. The molecule has 0 aliphatic carbocycles. The van der Waals surface area contributed by atoms with Crippen LogP contribution in [0.1, 0.15) is 34.1 Å². The predicted octanol–water partition coefficient (Wildman–Crippen LogP) is 5.14. The molecule has 17 heteroatoms. The Balaban J connectivity index is 4.01. The molecule has 4 unspecified atom stereocenters. The van der Waals surface area contributed by atoms with E-state index in [-0.39, 0.29) is 6.92 Å². The summed E-state index contributed by atoms with van der Waals surface area (Å²) in [5, 5.41) is 9.57.